The van der Waals surface area contributed by atoms with Crippen molar-refractivity contribution in [2.75, 3.05) is 7.11 Å². The molecule has 136 valence electrons. The zero-order valence-corrected chi connectivity index (χ0v) is 15.4. The van der Waals surface area contributed by atoms with Crippen LogP contribution in [0, 0.1) is 6.92 Å². The van der Waals surface area contributed by atoms with E-state index in [1.165, 1.54) is 12.0 Å². The van der Waals surface area contributed by atoms with Crippen LogP contribution in [0.1, 0.15) is 36.5 Å². The average molecular weight is 351 g/mol. The Morgan fingerprint density at radius 3 is 2.62 bits per heavy atom. The number of rotatable bonds is 7. The number of aromatic nitrogens is 5. The van der Waals surface area contributed by atoms with Gasteiger partial charge in [0.25, 0.3) is 0 Å². The van der Waals surface area contributed by atoms with Crippen LogP contribution in [0.2, 0.25) is 0 Å². The second-order valence-corrected chi connectivity index (χ2v) is 7.16. The highest BCUT2D eigenvalue weighted by molar-refractivity contribution is 5.34. The number of hydrogen-bond acceptors (Lipinski definition) is 4. The van der Waals surface area contributed by atoms with Crippen molar-refractivity contribution in [3.8, 4) is 5.69 Å². The number of ether oxygens (including phenoxy) is 1. The lowest BCUT2D eigenvalue weighted by atomic mass is 9.77. The summed E-state index contributed by atoms with van der Waals surface area (Å²) in [5.41, 5.74) is 2.22. The van der Waals surface area contributed by atoms with E-state index in [-0.39, 0.29) is 5.60 Å². The van der Waals surface area contributed by atoms with E-state index < -0.39 is 0 Å². The number of hydrogen-bond donors (Lipinski definition) is 0. The molecule has 6 heteroatoms. The van der Waals surface area contributed by atoms with Crippen LogP contribution in [0.5, 0.6) is 0 Å². The standard InChI is InChI=1S/C20H25N5O/c1-16-4-6-17(7-5-16)25-19(14-20(26-2)9-3-10-20)22-18(23-25)8-12-24-13-11-21-15-24/h4-7,11,13,15H,3,8-10,12,14H2,1-2H3. The van der Waals surface area contributed by atoms with E-state index in [0.29, 0.717) is 0 Å². The van der Waals surface area contributed by atoms with Crippen LogP contribution in [0.4, 0.5) is 0 Å². The van der Waals surface area contributed by atoms with Gasteiger partial charge in [-0.1, -0.05) is 17.7 Å². The van der Waals surface area contributed by atoms with E-state index in [9.17, 15) is 0 Å². The van der Waals surface area contributed by atoms with E-state index in [1.807, 2.05) is 24.3 Å². The second-order valence-electron chi connectivity index (χ2n) is 7.16. The molecule has 2 aromatic heterocycles. The maximum Gasteiger partial charge on any atom is 0.153 e. The lowest BCUT2D eigenvalue weighted by Crippen LogP contribution is -2.42. The van der Waals surface area contributed by atoms with E-state index in [0.717, 1.165) is 49.6 Å². The normalized spacial score (nSPS) is 15.8. The molecule has 2 heterocycles. The van der Waals surface area contributed by atoms with E-state index >= 15 is 0 Å². The monoisotopic (exact) mass is 351 g/mol. The first kappa shape index (κ1) is 17.0. The lowest BCUT2D eigenvalue weighted by Gasteiger charge is -2.40. The summed E-state index contributed by atoms with van der Waals surface area (Å²) in [6.07, 6.45) is 10.6. The fourth-order valence-electron chi connectivity index (χ4n) is 3.47. The Balaban J connectivity index is 1.61. The van der Waals surface area contributed by atoms with Crippen molar-refractivity contribution in [1.82, 2.24) is 24.3 Å². The van der Waals surface area contributed by atoms with Crippen molar-refractivity contribution in [3.63, 3.8) is 0 Å². The third kappa shape index (κ3) is 3.42. The topological polar surface area (TPSA) is 57.8 Å². The van der Waals surface area contributed by atoms with Crippen LogP contribution < -0.4 is 0 Å². The van der Waals surface area contributed by atoms with Crippen LogP contribution in [0.15, 0.2) is 43.0 Å². The molecule has 4 rings (SSSR count). The number of benzene rings is 1. The minimum absolute atomic E-state index is 0.0723. The molecule has 1 saturated carbocycles. The molecule has 3 aromatic rings. The molecule has 0 atom stereocenters. The highest BCUT2D eigenvalue weighted by Crippen LogP contribution is 2.38. The highest BCUT2D eigenvalue weighted by Gasteiger charge is 2.38. The number of aryl methyl sites for hydroxylation is 3. The molecule has 1 aromatic carbocycles. The van der Waals surface area contributed by atoms with Gasteiger partial charge >= 0.3 is 0 Å². The zero-order valence-electron chi connectivity index (χ0n) is 15.4. The van der Waals surface area contributed by atoms with Gasteiger partial charge in [0.1, 0.15) is 5.82 Å². The predicted molar refractivity (Wildman–Crippen MR) is 99.3 cm³/mol. The maximum atomic E-state index is 5.82. The average Bonchev–Trinajstić information content (AvgIpc) is 3.27. The van der Waals surface area contributed by atoms with Crippen molar-refractivity contribution in [1.29, 1.82) is 0 Å². The summed E-state index contributed by atoms with van der Waals surface area (Å²) < 4.78 is 9.86. The molecule has 6 nitrogen and oxygen atoms in total. The van der Waals surface area contributed by atoms with Crippen molar-refractivity contribution >= 4 is 0 Å². The first-order valence-corrected chi connectivity index (χ1v) is 9.20. The number of imidazole rings is 1. The summed E-state index contributed by atoms with van der Waals surface area (Å²) in [6, 6.07) is 8.43. The van der Waals surface area contributed by atoms with Crippen molar-refractivity contribution < 1.29 is 4.74 Å². The van der Waals surface area contributed by atoms with Crippen LogP contribution in [-0.4, -0.2) is 37.0 Å². The molecule has 0 bridgehead atoms. The van der Waals surface area contributed by atoms with Crippen molar-refractivity contribution in [2.45, 2.75) is 51.2 Å². The molecule has 0 N–H and O–H groups in total. The van der Waals surface area contributed by atoms with Crippen LogP contribution >= 0.6 is 0 Å². The first-order chi connectivity index (χ1) is 12.7. The highest BCUT2D eigenvalue weighted by atomic mass is 16.5. The van der Waals surface area contributed by atoms with Gasteiger partial charge in [0.2, 0.25) is 0 Å². The van der Waals surface area contributed by atoms with Crippen LogP contribution in [-0.2, 0) is 24.1 Å². The molecule has 0 spiro atoms. The van der Waals surface area contributed by atoms with Gasteiger partial charge in [0, 0.05) is 38.9 Å². The summed E-state index contributed by atoms with van der Waals surface area (Å²) >= 11 is 0. The quantitative estimate of drug-likeness (QED) is 0.656. The minimum atomic E-state index is -0.0723. The minimum Gasteiger partial charge on any atom is -0.378 e. The van der Waals surface area contributed by atoms with Crippen LogP contribution in [0.3, 0.4) is 0 Å². The summed E-state index contributed by atoms with van der Waals surface area (Å²) in [4.78, 5) is 8.95. The summed E-state index contributed by atoms with van der Waals surface area (Å²) in [5, 5.41) is 4.80. The molecular weight excluding hydrogens is 326 g/mol. The van der Waals surface area contributed by atoms with Gasteiger partial charge in [0.05, 0.1) is 17.6 Å². The first-order valence-electron chi connectivity index (χ1n) is 9.20. The second kappa shape index (κ2) is 7.03. The Kier molecular flexibility index (Phi) is 4.59. The maximum absolute atomic E-state index is 5.82. The third-order valence-corrected chi connectivity index (χ3v) is 5.33. The van der Waals surface area contributed by atoms with Gasteiger partial charge in [-0.25, -0.2) is 14.6 Å². The SMILES string of the molecule is COC1(Cc2nc(CCn3ccnc3)nn2-c2ccc(C)cc2)CCC1. The smallest absolute Gasteiger partial charge is 0.153 e. The Morgan fingerprint density at radius 2 is 2.00 bits per heavy atom. The van der Waals surface area contributed by atoms with Gasteiger partial charge in [0.15, 0.2) is 5.82 Å². The Morgan fingerprint density at radius 1 is 1.19 bits per heavy atom. The summed E-state index contributed by atoms with van der Waals surface area (Å²) in [5.74, 6) is 1.84. The molecule has 0 amide bonds. The Labute approximate surface area is 153 Å². The zero-order chi connectivity index (χ0) is 18.0. The summed E-state index contributed by atoms with van der Waals surface area (Å²) in [6.45, 7) is 2.92. The van der Waals surface area contributed by atoms with E-state index in [4.69, 9.17) is 14.8 Å². The Hall–Kier alpha value is -2.47. The van der Waals surface area contributed by atoms with Crippen molar-refractivity contribution in [2.24, 2.45) is 0 Å². The van der Waals surface area contributed by atoms with E-state index in [1.54, 1.807) is 6.20 Å². The summed E-state index contributed by atoms with van der Waals surface area (Å²) in [7, 11) is 1.81. The molecular formula is C20H25N5O. The fourth-order valence-corrected chi connectivity index (χ4v) is 3.47. The molecule has 1 aliphatic rings. The molecule has 0 unspecified atom stereocenters. The predicted octanol–water partition coefficient (Wildman–Crippen LogP) is 3.13. The molecule has 26 heavy (non-hydrogen) atoms. The molecule has 1 aliphatic carbocycles. The van der Waals surface area contributed by atoms with Gasteiger partial charge in [-0.05, 0) is 38.3 Å². The molecule has 0 radical (unpaired) electrons. The third-order valence-electron chi connectivity index (χ3n) is 5.33. The van der Waals surface area contributed by atoms with Gasteiger partial charge in [-0.2, -0.15) is 5.10 Å². The fraction of sp³-hybridized carbons (Fsp3) is 0.450. The van der Waals surface area contributed by atoms with Gasteiger partial charge in [-0.3, -0.25) is 0 Å². The molecule has 0 aliphatic heterocycles. The number of methoxy groups -OCH3 is 1. The Bertz CT molecular complexity index is 841. The van der Waals surface area contributed by atoms with Crippen LogP contribution in [0.25, 0.3) is 5.69 Å². The number of nitrogens with zero attached hydrogens (tertiary/aromatic N) is 5. The largest absolute Gasteiger partial charge is 0.378 e. The lowest BCUT2D eigenvalue weighted by molar-refractivity contribution is -0.0724. The van der Waals surface area contributed by atoms with E-state index in [2.05, 4.69) is 40.7 Å². The molecule has 0 saturated heterocycles. The molecule has 1 fully saturated rings. The van der Waals surface area contributed by atoms with Gasteiger partial charge < -0.3 is 9.30 Å². The van der Waals surface area contributed by atoms with Crippen molar-refractivity contribution in [3.05, 3.63) is 60.2 Å². The van der Waals surface area contributed by atoms with Gasteiger partial charge in [-0.15, -0.1) is 0 Å².